The molecule has 0 spiro atoms. The van der Waals surface area contributed by atoms with Gasteiger partial charge in [-0.1, -0.05) is 75.4 Å². The maximum Gasteiger partial charge on any atom is 0.261 e. The molecule has 0 radical (unpaired) electrons. The Labute approximate surface area is 213 Å². The van der Waals surface area contributed by atoms with E-state index in [1.165, 1.54) is 22.6 Å². The molecule has 1 N–H and O–H groups in total. The molecule has 190 valence electrons. The molecular formula is C30H35FN2O3. The highest BCUT2D eigenvalue weighted by molar-refractivity contribution is 5.88. The van der Waals surface area contributed by atoms with Gasteiger partial charge in [-0.2, -0.15) is 0 Å². The lowest BCUT2D eigenvalue weighted by Crippen LogP contribution is -2.51. The summed E-state index contributed by atoms with van der Waals surface area (Å²) in [5, 5.41) is 2.94. The molecule has 2 amide bonds. The summed E-state index contributed by atoms with van der Waals surface area (Å²) in [7, 11) is 0. The van der Waals surface area contributed by atoms with Gasteiger partial charge < -0.3 is 15.0 Å². The molecule has 3 rings (SSSR count). The van der Waals surface area contributed by atoms with Crippen molar-refractivity contribution in [3.05, 3.63) is 101 Å². The average molecular weight is 491 g/mol. The number of ether oxygens (including phenoxy) is 1. The molecule has 6 heteroatoms. The summed E-state index contributed by atoms with van der Waals surface area (Å²) in [4.78, 5) is 28.3. The number of benzene rings is 3. The zero-order chi connectivity index (χ0) is 25.9. The van der Waals surface area contributed by atoms with E-state index in [1.54, 1.807) is 12.1 Å². The molecule has 0 saturated carbocycles. The van der Waals surface area contributed by atoms with E-state index in [1.807, 2.05) is 61.5 Å². The highest BCUT2D eigenvalue weighted by atomic mass is 19.1. The van der Waals surface area contributed by atoms with E-state index in [-0.39, 0.29) is 30.8 Å². The smallest absolute Gasteiger partial charge is 0.261 e. The van der Waals surface area contributed by atoms with Gasteiger partial charge in [-0.15, -0.1) is 0 Å². The van der Waals surface area contributed by atoms with E-state index in [0.717, 1.165) is 17.5 Å². The lowest BCUT2D eigenvalue weighted by Gasteiger charge is -2.31. The van der Waals surface area contributed by atoms with Gasteiger partial charge in [0, 0.05) is 19.5 Å². The van der Waals surface area contributed by atoms with Crippen LogP contribution in [0.15, 0.2) is 78.9 Å². The maximum absolute atomic E-state index is 13.5. The lowest BCUT2D eigenvalue weighted by atomic mass is 10.0. The van der Waals surface area contributed by atoms with E-state index in [9.17, 15) is 14.0 Å². The third kappa shape index (κ3) is 7.94. The van der Waals surface area contributed by atoms with Crippen LogP contribution >= 0.6 is 0 Å². The molecule has 0 saturated heterocycles. The van der Waals surface area contributed by atoms with Crippen LogP contribution in [0.5, 0.6) is 5.75 Å². The maximum atomic E-state index is 13.5. The fourth-order valence-electron chi connectivity index (χ4n) is 3.88. The minimum absolute atomic E-state index is 0.159. The summed E-state index contributed by atoms with van der Waals surface area (Å²) in [6.07, 6.45) is 1.14. The van der Waals surface area contributed by atoms with E-state index >= 15 is 0 Å². The summed E-state index contributed by atoms with van der Waals surface area (Å²) in [5.41, 5.74) is 2.85. The predicted molar refractivity (Wildman–Crippen MR) is 140 cm³/mol. The quantitative estimate of drug-likeness (QED) is 0.365. The fourth-order valence-corrected chi connectivity index (χ4v) is 3.88. The molecule has 0 fully saturated rings. The Hall–Kier alpha value is -3.67. The Kier molecular flexibility index (Phi) is 10.0. The number of hydrogen-bond acceptors (Lipinski definition) is 3. The van der Waals surface area contributed by atoms with Crippen LogP contribution in [0.3, 0.4) is 0 Å². The first kappa shape index (κ1) is 26.9. The molecule has 0 aliphatic heterocycles. The molecule has 0 aromatic heterocycles. The van der Waals surface area contributed by atoms with E-state index < -0.39 is 6.04 Å². The standard InChI is InChI=1S/C30H35FN2O3/c1-4-18-32-30(35)28(19-23-8-6-5-7-9-23)33(20-24-10-14-26(31)15-11-24)29(34)21-36-27-16-12-25(13-17-27)22(2)3/h5-17,22,28H,4,18-21H2,1-3H3,(H,32,35)/t28-/m1/s1. The number of nitrogens with one attached hydrogen (secondary N) is 1. The molecule has 0 heterocycles. The lowest BCUT2D eigenvalue weighted by molar-refractivity contribution is -0.142. The summed E-state index contributed by atoms with van der Waals surface area (Å²) >= 11 is 0. The van der Waals surface area contributed by atoms with Crippen LogP contribution in [0.2, 0.25) is 0 Å². The predicted octanol–water partition coefficient (Wildman–Crippen LogP) is 5.49. The third-order valence-corrected chi connectivity index (χ3v) is 6.00. The van der Waals surface area contributed by atoms with Crippen molar-refractivity contribution in [1.29, 1.82) is 0 Å². The van der Waals surface area contributed by atoms with Gasteiger partial charge in [-0.3, -0.25) is 9.59 Å². The van der Waals surface area contributed by atoms with Crippen LogP contribution in [-0.2, 0) is 22.6 Å². The normalized spacial score (nSPS) is 11.7. The summed E-state index contributed by atoms with van der Waals surface area (Å²) in [5.74, 6) is 0.0837. The number of carbonyl (C=O) groups is 2. The molecule has 0 aliphatic rings. The number of amides is 2. The Bertz CT molecular complexity index is 1100. The average Bonchev–Trinajstić information content (AvgIpc) is 2.89. The first-order valence-electron chi connectivity index (χ1n) is 12.5. The van der Waals surface area contributed by atoms with Crippen molar-refractivity contribution in [1.82, 2.24) is 10.2 Å². The van der Waals surface area contributed by atoms with Crippen LogP contribution < -0.4 is 10.1 Å². The van der Waals surface area contributed by atoms with Crippen molar-refractivity contribution in [3.63, 3.8) is 0 Å². The Balaban J connectivity index is 1.85. The van der Waals surface area contributed by atoms with E-state index in [0.29, 0.717) is 24.6 Å². The first-order chi connectivity index (χ1) is 17.4. The number of hydrogen-bond donors (Lipinski definition) is 1. The van der Waals surface area contributed by atoms with Crippen molar-refractivity contribution in [2.75, 3.05) is 13.2 Å². The monoisotopic (exact) mass is 490 g/mol. The highest BCUT2D eigenvalue weighted by Gasteiger charge is 2.30. The summed E-state index contributed by atoms with van der Waals surface area (Å²) < 4.78 is 19.3. The Morgan fingerprint density at radius 3 is 2.19 bits per heavy atom. The van der Waals surface area contributed by atoms with Gasteiger partial charge in [-0.05, 0) is 53.3 Å². The zero-order valence-electron chi connectivity index (χ0n) is 21.2. The van der Waals surface area contributed by atoms with Gasteiger partial charge in [0.2, 0.25) is 5.91 Å². The number of halogens is 1. The van der Waals surface area contributed by atoms with Crippen LogP contribution in [-0.4, -0.2) is 35.9 Å². The second-order valence-corrected chi connectivity index (χ2v) is 9.16. The topological polar surface area (TPSA) is 58.6 Å². The summed E-state index contributed by atoms with van der Waals surface area (Å²) in [6.45, 7) is 6.67. The van der Waals surface area contributed by atoms with Gasteiger partial charge in [-0.25, -0.2) is 4.39 Å². The van der Waals surface area contributed by atoms with Crippen LogP contribution in [0.4, 0.5) is 4.39 Å². The van der Waals surface area contributed by atoms with E-state index in [2.05, 4.69) is 19.2 Å². The van der Waals surface area contributed by atoms with Crippen molar-refractivity contribution < 1.29 is 18.7 Å². The molecule has 3 aromatic rings. The van der Waals surface area contributed by atoms with Crippen molar-refractivity contribution >= 4 is 11.8 Å². The molecule has 1 atom stereocenters. The fraction of sp³-hybridized carbons (Fsp3) is 0.333. The molecule has 3 aromatic carbocycles. The molecule has 0 aliphatic carbocycles. The first-order valence-corrected chi connectivity index (χ1v) is 12.5. The zero-order valence-corrected chi connectivity index (χ0v) is 21.2. The number of carbonyl (C=O) groups excluding carboxylic acids is 2. The SMILES string of the molecule is CCCNC(=O)[C@@H](Cc1ccccc1)N(Cc1ccc(F)cc1)C(=O)COc1ccc(C(C)C)cc1. The van der Waals surface area contributed by atoms with Crippen molar-refractivity contribution in [2.24, 2.45) is 0 Å². The number of nitrogens with zero attached hydrogens (tertiary/aromatic N) is 1. The highest BCUT2D eigenvalue weighted by Crippen LogP contribution is 2.20. The Morgan fingerprint density at radius 2 is 1.58 bits per heavy atom. The Morgan fingerprint density at radius 1 is 0.917 bits per heavy atom. The van der Waals surface area contributed by atoms with Crippen LogP contribution in [0.25, 0.3) is 0 Å². The largest absolute Gasteiger partial charge is 0.484 e. The van der Waals surface area contributed by atoms with E-state index in [4.69, 9.17) is 4.74 Å². The second-order valence-electron chi connectivity index (χ2n) is 9.16. The molecule has 0 bridgehead atoms. The van der Waals surface area contributed by atoms with Crippen molar-refractivity contribution in [3.8, 4) is 5.75 Å². The van der Waals surface area contributed by atoms with Gasteiger partial charge in [0.25, 0.3) is 5.91 Å². The molecular weight excluding hydrogens is 455 g/mol. The van der Waals surface area contributed by atoms with Crippen LogP contribution in [0, 0.1) is 5.82 Å². The minimum atomic E-state index is -0.747. The van der Waals surface area contributed by atoms with Gasteiger partial charge in [0.1, 0.15) is 17.6 Å². The third-order valence-electron chi connectivity index (χ3n) is 6.00. The molecule has 5 nitrogen and oxygen atoms in total. The van der Waals surface area contributed by atoms with Crippen LogP contribution in [0.1, 0.15) is 49.8 Å². The van der Waals surface area contributed by atoms with Crippen molar-refractivity contribution in [2.45, 2.75) is 52.1 Å². The molecule has 0 unspecified atom stereocenters. The molecule has 36 heavy (non-hydrogen) atoms. The number of rotatable bonds is 12. The second kappa shape index (κ2) is 13.4. The van der Waals surface area contributed by atoms with Gasteiger partial charge >= 0.3 is 0 Å². The summed E-state index contributed by atoms with van der Waals surface area (Å²) in [6, 6.07) is 22.5. The minimum Gasteiger partial charge on any atom is -0.484 e. The van der Waals surface area contributed by atoms with Gasteiger partial charge in [0.05, 0.1) is 0 Å². The van der Waals surface area contributed by atoms with Gasteiger partial charge in [0.15, 0.2) is 6.61 Å².